The van der Waals surface area contributed by atoms with Crippen molar-refractivity contribution in [3.8, 4) is 5.75 Å². The molecule has 213 valence electrons. The quantitative estimate of drug-likeness (QED) is 0.258. The molecule has 10 nitrogen and oxygen atoms in total. The van der Waals surface area contributed by atoms with E-state index < -0.39 is 17.5 Å². The van der Waals surface area contributed by atoms with Crippen LogP contribution in [0.5, 0.6) is 5.75 Å². The van der Waals surface area contributed by atoms with Gasteiger partial charge in [0.2, 0.25) is 16.0 Å². The summed E-state index contributed by atoms with van der Waals surface area (Å²) in [5.74, 6) is 1.33. The molecule has 1 fully saturated rings. The molecule has 1 saturated heterocycles. The molecule has 1 radical (unpaired) electrons. The molecule has 3 N–H and O–H groups in total. The summed E-state index contributed by atoms with van der Waals surface area (Å²) in [6.07, 6.45) is 3.12. The molecule has 0 bridgehead atoms. The van der Waals surface area contributed by atoms with Crippen molar-refractivity contribution in [3.05, 3.63) is 45.7 Å². The molecule has 0 saturated carbocycles. The summed E-state index contributed by atoms with van der Waals surface area (Å²) in [6, 6.07) is 7.52. The largest absolute Gasteiger partial charge is 0.494 e. The summed E-state index contributed by atoms with van der Waals surface area (Å²) in [7, 11) is -3.74. The highest BCUT2D eigenvalue weighted by molar-refractivity contribution is 7.89. The number of nitrogens with zero attached hydrogens (tertiary/aromatic N) is 4. The fourth-order valence-corrected chi connectivity index (χ4v) is 8.87. The summed E-state index contributed by atoms with van der Waals surface area (Å²) >= 11 is 7.77. The van der Waals surface area contributed by atoms with Gasteiger partial charge in [0.1, 0.15) is 10.8 Å². The Morgan fingerprint density at radius 3 is 2.62 bits per heavy atom. The summed E-state index contributed by atoms with van der Waals surface area (Å²) in [6.45, 7) is 8.31. The van der Waals surface area contributed by atoms with Gasteiger partial charge in [-0.15, -0.1) is 11.3 Å². The Kier molecular flexibility index (Phi) is 9.57. The SMILES string of the molecule is CCN(CC)S(=O)(=O)c1ccsc1CNc1ncc(Cl)c(Nc2ccc(N3CC[P](C)(O)CC3)cc2OC)n1. The summed E-state index contributed by atoms with van der Waals surface area (Å²) in [4.78, 5) is 22.4. The fraction of sp³-hybridized carbons (Fsp3) is 0.440. The van der Waals surface area contributed by atoms with Gasteiger partial charge in [-0.1, -0.05) is 25.4 Å². The van der Waals surface area contributed by atoms with Crippen molar-refractivity contribution >= 4 is 63.6 Å². The van der Waals surface area contributed by atoms with Gasteiger partial charge in [0.25, 0.3) is 0 Å². The molecule has 0 amide bonds. The number of nitrogens with one attached hydrogen (secondary N) is 2. The van der Waals surface area contributed by atoms with Crippen LogP contribution in [0.15, 0.2) is 40.7 Å². The Labute approximate surface area is 239 Å². The summed E-state index contributed by atoms with van der Waals surface area (Å²) in [5.41, 5.74) is 1.72. The second kappa shape index (κ2) is 12.5. The molecule has 4 rings (SSSR count). The number of aromatic nitrogens is 2. The van der Waals surface area contributed by atoms with E-state index in [4.69, 9.17) is 16.3 Å². The van der Waals surface area contributed by atoms with Crippen molar-refractivity contribution in [1.29, 1.82) is 0 Å². The van der Waals surface area contributed by atoms with Crippen LogP contribution >= 0.6 is 30.4 Å². The zero-order chi connectivity index (χ0) is 28.2. The third-order valence-corrected chi connectivity index (χ3v) is 12.5. The molecular weight excluding hydrogens is 579 g/mol. The number of methoxy groups -OCH3 is 1. The van der Waals surface area contributed by atoms with Crippen molar-refractivity contribution < 1.29 is 18.0 Å². The van der Waals surface area contributed by atoms with E-state index in [1.807, 2.05) is 38.7 Å². The predicted octanol–water partition coefficient (Wildman–Crippen LogP) is 4.96. The Hall–Kier alpha value is -2.21. The molecular formula is C25H35ClN6O4PS2. The minimum Gasteiger partial charge on any atom is -0.494 e. The average molecular weight is 614 g/mol. The average Bonchev–Trinajstić information content (AvgIpc) is 3.40. The van der Waals surface area contributed by atoms with Crippen LogP contribution in [0.3, 0.4) is 0 Å². The van der Waals surface area contributed by atoms with Crippen molar-refractivity contribution in [2.45, 2.75) is 25.3 Å². The number of halogens is 1. The number of rotatable bonds is 11. The zero-order valence-electron chi connectivity index (χ0n) is 22.5. The number of hydrogen-bond donors (Lipinski definition) is 3. The van der Waals surface area contributed by atoms with Crippen LogP contribution in [0.25, 0.3) is 0 Å². The number of anilines is 4. The van der Waals surface area contributed by atoms with Gasteiger partial charge in [-0.25, -0.2) is 13.4 Å². The Balaban J connectivity index is 1.48. The lowest BCUT2D eigenvalue weighted by atomic mass is 10.2. The van der Waals surface area contributed by atoms with Gasteiger partial charge in [0.05, 0.1) is 30.4 Å². The maximum Gasteiger partial charge on any atom is 0.244 e. The molecule has 2 aromatic heterocycles. The fourth-order valence-electron chi connectivity index (χ4n) is 4.35. The van der Waals surface area contributed by atoms with E-state index in [0.717, 1.165) is 31.1 Å². The monoisotopic (exact) mass is 613 g/mol. The molecule has 0 unspecified atom stereocenters. The lowest BCUT2D eigenvalue weighted by molar-refractivity contribution is 0.417. The van der Waals surface area contributed by atoms with Crippen LogP contribution in [-0.2, 0) is 16.6 Å². The van der Waals surface area contributed by atoms with E-state index in [0.29, 0.717) is 51.1 Å². The molecule has 3 aromatic rings. The topological polar surface area (TPSA) is 120 Å². The molecule has 0 aliphatic carbocycles. The highest BCUT2D eigenvalue weighted by Gasteiger charge is 2.27. The van der Waals surface area contributed by atoms with Gasteiger partial charge in [0, 0.05) is 55.1 Å². The number of thiophene rings is 1. The molecule has 0 atom stereocenters. The predicted molar refractivity (Wildman–Crippen MR) is 162 cm³/mol. The van der Waals surface area contributed by atoms with Crippen molar-refractivity contribution in [1.82, 2.24) is 14.3 Å². The van der Waals surface area contributed by atoms with Gasteiger partial charge < -0.3 is 25.2 Å². The first kappa shape index (κ1) is 29.8. The normalized spacial score (nSPS) is 15.4. The maximum atomic E-state index is 13.0. The van der Waals surface area contributed by atoms with Crippen LogP contribution < -0.4 is 20.3 Å². The van der Waals surface area contributed by atoms with Gasteiger partial charge >= 0.3 is 0 Å². The molecule has 39 heavy (non-hydrogen) atoms. The van der Waals surface area contributed by atoms with Crippen LogP contribution in [0.1, 0.15) is 18.7 Å². The van der Waals surface area contributed by atoms with E-state index in [-0.39, 0.29) is 6.54 Å². The second-order valence-corrected chi connectivity index (χ2v) is 16.2. The molecule has 14 heteroatoms. The highest BCUT2D eigenvalue weighted by atomic mass is 35.5. The third kappa shape index (κ3) is 6.93. The van der Waals surface area contributed by atoms with E-state index in [1.165, 1.54) is 21.8 Å². The second-order valence-electron chi connectivity index (χ2n) is 9.32. The molecule has 1 aliphatic rings. The highest BCUT2D eigenvalue weighted by Crippen LogP contribution is 2.52. The van der Waals surface area contributed by atoms with Crippen LogP contribution in [-0.4, -0.2) is 79.9 Å². The van der Waals surface area contributed by atoms with Crippen molar-refractivity contribution in [3.63, 3.8) is 0 Å². The summed E-state index contributed by atoms with van der Waals surface area (Å²) in [5, 5.41) is 8.46. The summed E-state index contributed by atoms with van der Waals surface area (Å²) < 4.78 is 33.1. The molecule has 1 aliphatic heterocycles. The van der Waals surface area contributed by atoms with E-state index >= 15 is 0 Å². The van der Waals surface area contributed by atoms with Crippen LogP contribution in [0.2, 0.25) is 5.02 Å². The molecule has 0 spiro atoms. The lowest BCUT2D eigenvalue weighted by Crippen LogP contribution is -2.36. The van der Waals surface area contributed by atoms with Gasteiger partial charge in [-0.3, -0.25) is 0 Å². The molecule has 1 aromatic carbocycles. The maximum absolute atomic E-state index is 13.0. The van der Waals surface area contributed by atoms with Gasteiger partial charge in [-0.2, -0.15) is 9.29 Å². The van der Waals surface area contributed by atoms with Crippen LogP contribution in [0.4, 0.5) is 23.1 Å². The van der Waals surface area contributed by atoms with E-state index in [9.17, 15) is 13.3 Å². The molecule has 3 heterocycles. The Bertz CT molecular complexity index is 1390. The van der Waals surface area contributed by atoms with E-state index in [1.54, 1.807) is 18.6 Å². The smallest absolute Gasteiger partial charge is 0.244 e. The number of ether oxygens (including phenoxy) is 1. The Morgan fingerprint density at radius 1 is 1.23 bits per heavy atom. The zero-order valence-corrected chi connectivity index (χ0v) is 25.8. The lowest BCUT2D eigenvalue weighted by Gasteiger charge is -2.38. The minimum atomic E-state index is -3.57. The van der Waals surface area contributed by atoms with Crippen molar-refractivity contribution in [2.75, 3.05) is 67.8 Å². The number of sulfonamides is 1. The Morgan fingerprint density at radius 2 is 1.95 bits per heavy atom. The van der Waals surface area contributed by atoms with Gasteiger partial charge in [-0.05, 0) is 37.7 Å². The van der Waals surface area contributed by atoms with E-state index in [2.05, 4.69) is 25.5 Å². The minimum absolute atomic E-state index is 0.248. The van der Waals surface area contributed by atoms with Gasteiger partial charge in [0.15, 0.2) is 5.82 Å². The first-order valence-corrected chi connectivity index (χ1v) is 17.9. The first-order chi connectivity index (χ1) is 18.6. The van der Waals surface area contributed by atoms with Crippen molar-refractivity contribution in [2.24, 2.45) is 0 Å². The number of benzene rings is 1. The van der Waals surface area contributed by atoms with Crippen LogP contribution in [0, 0.1) is 0 Å². The third-order valence-electron chi connectivity index (χ3n) is 6.69. The number of hydrogen-bond acceptors (Lipinski definition) is 10. The standard InChI is InChI=1S/C25H35ClN6O4PS2/c1-5-32(6-2)39(34,35)23-9-14-38-22(23)17-28-25-27-16-19(26)24(30-25)29-20-8-7-18(15-21(20)36-3)31-10-12-37(4,33)13-11-31/h7-9,14-16,33H,5-6,10-13,17H2,1-4H3,(H2,27,28,29,30). The first-order valence-electron chi connectivity index (χ1n) is 12.7.